The Morgan fingerprint density at radius 3 is 2.29 bits per heavy atom. The van der Waals surface area contributed by atoms with Crippen molar-refractivity contribution in [1.82, 2.24) is 0 Å². The minimum Gasteiger partial charge on any atom is -0.462 e. The highest BCUT2D eigenvalue weighted by molar-refractivity contribution is 5.83. The zero-order chi connectivity index (χ0) is 25.4. The first-order valence-corrected chi connectivity index (χ1v) is 12.0. The fourth-order valence-electron chi connectivity index (χ4n) is 5.86. The van der Waals surface area contributed by atoms with Crippen LogP contribution in [0.3, 0.4) is 0 Å². The van der Waals surface area contributed by atoms with Gasteiger partial charge in [0.25, 0.3) is 5.69 Å². The van der Waals surface area contributed by atoms with E-state index < -0.39 is 28.1 Å². The van der Waals surface area contributed by atoms with Crippen LogP contribution >= 0.6 is 0 Å². The summed E-state index contributed by atoms with van der Waals surface area (Å²) >= 11 is 0. The summed E-state index contributed by atoms with van der Waals surface area (Å²) < 4.78 is 6.13. The van der Waals surface area contributed by atoms with Gasteiger partial charge in [-0.2, -0.15) is 10.5 Å². The van der Waals surface area contributed by atoms with E-state index >= 15 is 0 Å². The first kappa shape index (κ1) is 24.4. The maximum absolute atomic E-state index is 13.4. The van der Waals surface area contributed by atoms with Crippen LogP contribution in [0.25, 0.3) is 0 Å². The minimum absolute atomic E-state index is 0.0878. The van der Waals surface area contributed by atoms with Gasteiger partial charge in [-0.1, -0.05) is 69.7 Å². The Labute approximate surface area is 205 Å². The van der Waals surface area contributed by atoms with Gasteiger partial charge in [0.1, 0.15) is 6.10 Å². The molecule has 0 amide bonds. The van der Waals surface area contributed by atoms with Gasteiger partial charge < -0.3 is 4.74 Å². The average Bonchev–Trinajstić information content (AvgIpc) is 3.54. The average molecular weight is 472 g/mol. The van der Waals surface area contributed by atoms with E-state index in [0.29, 0.717) is 11.5 Å². The van der Waals surface area contributed by atoms with E-state index in [-0.39, 0.29) is 23.1 Å². The lowest BCUT2D eigenvalue weighted by Crippen LogP contribution is -2.43. The fourth-order valence-corrected chi connectivity index (χ4v) is 5.86. The molecule has 2 aliphatic carbocycles. The Morgan fingerprint density at radius 2 is 1.71 bits per heavy atom. The van der Waals surface area contributed by atoms with Crippen LogP contribution in [0.2, 0.25) is 0 Å². The Bertz CT molecular complexity index is 1180. The standard InChI is InChI=1S/C28H29N3O4/c1-18-9-14-22(27(2,3)20-7-5-4-6-8-20)23(15-18)35-26(32)25-24(28(25,16-29)17-30)19-10-12-21(13-11-19)31(33)34/h4-8,10-13,18,22-25H,9,14-15H2,1-3H3/t18-,22-,23-,24-,25+/m1/s1. The Morgan fingerprint density at radius 1 is 1.09 bits per heavy atom. The third-order valence-electron chi connectivity index (χ3n) is 8.06. The highest BCUT2D eigenvalue weighted by atomic mass is 16.6. The van der Waals surface area contributed by atoms with Crippen LogP contribution in [0.4, 0.5) is 5.69 Å². The minimum atomic E-state index is -1.53. The van der Waals surface area contributed by atoms with Gasteiger partial charge in [-0.05, 0) is 35.3 Å². The molecule has 0 heterocycles. The second-order valence-corrected chi connectivity index (χ2v) is 10.5. The summed E-state index contributed by atoms with van der Waals surface area (Å²) in [5, 5.41) is 30.7. The van der Waals surface area contributed by atoms with Crippen molar-refractivity contribution < 1.29 is 14.5 Å². The number of non-ortho nitro benzene ring substituents is 1. The molecule has 0 radical (unpaired) electrons. The molecule has 7 heteroatoms. The number of nitro groups is 1. The topological polar surface area (TPSA) is 117 Å². The number of nitriles is 2. The van der Waals surface area contributed by atoms with Gasteiger partial charge in [-0.3, -0.25) is 14.9 Å². The maximum Gasteiger partial charge on any atom is 0.312 e. The maximum atomic E-state index is 13.4. The molecule has 0 aliphatic heterocycles. The molecule has 2 aliphatic rings. The van der Waals surface area contributed by atoms with Gasteiger partial charge >= 0.3 is 5.97 Å². The van der Waals surface area contributed by atoms with E-state index in [9.17, 15) is 25.4 Å². The van der Waals surface area contributed by atoms with Crippen LogP contribution in [0.1, 0.15) is 57.1 Å². The molecule has 2 aromatic carbocycles. The lowest BCUT2D eigenvalue weighted by atomic mass is 9.64. The van der Waals surface area contributed by atoms with E-state index in [0.717, 1.165) is 19.3 Å². The van der Waals surface area contributed by atoms with E-state index in [1.165, 1.54) is 29.8 Å². The molecule has 2 aromatic rings. The van der Waals surface area contributed by atoms with Crippen LogP contribution in [0, 0.1) is 55.9 Å². The Balaban J connectivity index is 1.59. The number of benzene rings is 2. The van der Waals surface area contributed by atoms with Crippen LogP contribution in [-0.2, 0) is 14.9 Å². The van der Waals surface area contributed by atoms with Crippen LogP contribution in [-0.4, -0.2) is 17.0 Å². The highest BCUT2D eigenvalue weighted by Gasteiger charge is 2.72. The van der Waals surface area contributed by atoms with Gasteiger partial charge in [0.2, 0.25) is 0 Å². The number of rotatable bonds is 6. The van der Waals surface area contributed by atoms with Crippen molar-refractivity contribution in [2.45, 2.75) is 57.5 Å². The molecule has 35 heavy (non-hydrogen) atoms. The number of carbonyl (C=O) groups excluding carboxylic acids is 1. The van der Waals surface area contributed by atoms with Crippen molar-refractivity contribution in [2.24, 2.45) is 23.2 Å². The highest BCUT2D eigenvalue weighted by Crippen LogP contribution is 2.65. The quantitative estimate of drug-likeness (QED) is 0.304. The van der Waals surface area contributed by atoms with E-state index in [2.05, 4.69) is 32.9 Å². The van der Waals surface area contributed by atoms with Crippen molar-refractivity contribution in [1.29, 1.82) is 10.5 Å². The van der Waals surface area contributed by atoms with Crippen molar-refractivity contribution in [3.63, 3.8) is 0 Å². The molecular weight excluding hydrogens is 442 g/mol. The van der Waals surface area contributed by atoms with E-state index in [1.54, 1.807) is 0 Å². The summed E-state index contributed by atoms with van der Waals surface area (Å²) in [4.78, 5) is 23.9. The third-order valence-corrected chi connectivity index (χ3v) is 8.06. The molecule has 180 valence electrons. The normalized spacial score (nSPS) is 27.2. The van der Waals surface area contributed by atoms with Crippen LogP contribution in [0.15, 0.2) is 54.6 Å². The molecule has 0 aromatic heterocycles. The number of carbonyl (C=O) groups is 1. The monoisotopic (exact) mass is 471 g/mol. The van der Waals surface area contributed by atoms with Crippen molar-refractivity contribution in [3.8, 4) is 12.1 Å². The molecule has 0 bridgehead atoms. The zero-order valence-corrected chi connectivity index (χ0v) is 20.2. The summed E-state index contributed by atoms with van der Waals surface area (Å²) in [6.45, 7) is 6.50. The SMILES string of the molecule is C[C@@H]1CC[C@@H](C(C)(C)c2ccccc2)[C@H](OC(=O)[C@@H]2[C@@H](c3ccc([N+](=O)[O-])cc3)C2(C#N)C#N)C1. The van der Waals surface area contributed by atoms with Crippen LogP contribution < -0.4 is 0 Å². The van der Waals surface area contributed by atoms with Gasteiger partial charge in [0, 0.05) is 24.0 Å². The van der Waals surface area contributed by atoms with E-state index in [4.69, 9.17) is 4.74 Å². The number of nitrogens with zero attached hydrogens (tertiary/aromatic N) is 3. The van der Waals surface area contributed by atoms with Gasteiger partial charge in [-0.15, -0.1) is 0 Å². The smallest absolute Gasteiger partial charge is 0.312 e. The molecule has 2 saturated carbocycles. The number of hydrogen-bond donors (Lipinski definition) is 0. The summed E-state index contributed by atoms with van der Waals surface area (Å²) in [6.07, 6.45) is 2.37. The molecule has 0 saturated heterocycles. The number of esters is 1. The Hall–Kier alpha value is -3.71. The van der Waals surface area contributed by atoms with Crippen molar-refractivity contribution in [2.75, 3.05) is 0 Å². The number of ether oxygens (including phenoxy) is 1. The second-order valence-electron chi connectivity index (χ2n) is 10.5. The summed E-state index contributed by atoms with van der Waals surface area (Å²) in [6, 6.07) is 20.0. The van der Waals surface area contributed by atoms with Gasteiger partial charge in [0.15, 0.2) is 5.41 Å². The van der Waals surface area contributed by atoms with Crippen molar-refractivity contribution in [3.05, 3.63) is 75.8 Å². The first-order chi connectivity index (χ1) is 16.7. The molecule has 5 atom stereocenters. The number of hydrogen-bond acceptors (Lipinski definition) is 6. The van der Waals surface area contributed by atoms with Crippen LogP contribution in [0.5, 0.6) is 0 Å². The largest absolute Gasteiger partial charge is 0.462 e. The zero-order valence-electron chi connectivity index (χ0n) is 20.2. The molecular formula is C28H29N3O4. The van der Waals surface area contributed by atoms with E-state index in [1.807, 2.05) is 30.3 Å². The first-order valence-electron chi connectivity index (χ1n) is 12.0. The molecule has 0 unspecified atom stereocenters. The summed E-state index contributed by atoms with van der Waals surface area (Å²) in [5.74, 6) is -1.63. The Kier molecular flexibility index (Phi) is 6.38. The number of nitro benzene ring substituents is 1. The van der Waals surface area contributed by atoms with Gasteiger partial charge in [-0.25, -0.2) is 0 Å². The molecule has 7 nitrogen and oxygen atoms in total. The van der Waals surface area contributed by atoms with Gasteiger partial charge in [0.05, 0.1) is 23.0 Å². The predicted molar refractivity (Wildman–Crippen MR) is 129 cm³/mol. The summed E-state index contributed by atoms with van der Waals surface area (Å²) in [7, 11) is 0. The molecule has 2 fully saturated rings. The lowest BCUT2D eigenvalue weighted by molar-refractivity contribution is -0.384. The fraction of sp³-hybridized carbons (Fsp3) is 0.464. The van der Waals surface area contributed by atoms with Crippen molar-refractivity contribution >= 4 is 11.7 Å². The molecule has 4 rings (SSSR count). The molecule has 0 N–H and O–H groups in total. The third kappa shape index (κ3) is 4.28. The molecule has 0 spiro atoms. The summed E-state index contributed by atoms with van der Waals surface area (Å²) in [5.41, 5.74) is -0.110. The lowest BCUT2D eigenvalue weighted by Gasteiger charge is -2.44. The second kappa shape index (κ2) is 9.15. The predicted octanol–water partition coefficient (Wildman–Crippen LogP) is 5.67.